The van der Waals surface area contributed by atoms with E-state index in [0.29, 0.717) is 0 Å². The Kier molecular flexibility index (Phi) is 1.46. The number of rotatable bonds is 1. The Balaban J connectivity index is 2.75. The predicted octanol–water partition coefficient (Wildman–Crippen LogP) is 0.874. The molecule has 0 aliphatic heterocycles. The molecule has 62 valence electrons. The van der Waals surface area contributed by atoms with Crippen molar-refractivity contribution in [3.05, 3.63) is 24.2 Å². The highest BCUT2D eigenvalue weighted by atomic mass is 15.2. The molecule has 0 aliphatic rings. The first kappa shape index (κ1) is 7.09. The van der Waals surface area contributed by atoms with E-state index in [9.17, 15) is 0 Å². The van der Waals surface area contributed by atoms with Crippen molar-refractivity contribution < 1.29 is 0 Å². The Hall–Kier alpha value is -1.58. The zero-order valence-corrected chi connectivity index (χ0v) is 6.86. The zero-order chi connectivity index (χ0) is 8.55. The minimum absolute atomic E-state index is 0.733. The van der Waals surface area contributed by atoms with E-state index in [2.05, 4.69) is 10.2 Å². The van der Waals surface area contributed by atoms with Crippen molar-refractivity contribution in [2.75, 3.05) is 5.73 Å². The second-order valence-corrected chi connectivity index (χ2v) is 2.66. The number of pyridine rings is 1. The topological polar surface area (TPSA) is 56.2 Å². The van der Waals surface area contributed by atoms with Crippen LogP contribution in [0.4, 0.5) is 5.69 Å². The highest BCUT2D eigenvalue weighted by Gasteiger charge is 2.01. The smallest absolute Gasteiger partial charge is 0.160 e. The van der Waals surface area contributed by atoms with E-state index in [0.717, 1.165) is 23.6 Å². The van der Waals surface area contributed by atoms with Crippen molar-refractivity contribution in [1.29, 1.82) is 0 Å². The fraction of sp³-hybridized carbons (Fsp3) is 0.250. The highest BCUT2D eigenvalue weighted by Crippen LogP contribution is 2.07. The van der Waals surface area contributed by atoms with Crippen LogP contribution in [0, 0.1) is 0 Å². The summed E-state index contributed by atoms with van der Waals surface area (Å²) in [6, 6.07) is 3.69. The van der Waals surface area contributed by atoms with E-state index in [1.807, 2.05) is 29.7 Å². The van der Waals surface area contributed by atoms with Gasteiger partial charge in [0, 0.05) is 18.3 Å². The van der Waals surface area contributed by atoms with Gasteiger partial charge in [0.1, 0.15) is 5.82 Å². The average molecular weight is 162 g/mol. The number of nitrogen functional groups attached to an aromatic ring is 1. The molecule has 0 amide bonds. The van der Waals surface area contributed by atoms with Gasteiger partial charge in [0.15, 0.2) is 5.65 Å². The summed E-state index contributed by atoms with van der Waals surface area (Å²) < 4.78 is 1.91. The maximum absolute atomic E-state index is 5.63. The highest BCUT2D eigenvalue weighted by molar-refractivity contribution is 5.46. The van der Waals surface area contributed by atoms with Crippen LogP contribution in [0.25, 0.3) is 5.65 Å². The molecule has 0 bridgehead atoms. The molecule has 0 atom stereocenters. The van der Waals surface area contributed by atoms with Gasteiger partial charge in [0.2, 0.25) is 0 Å². The lowest BCUT2D eigenvalue weighted by atomic mass is 10.4. The Labute approximate surface area is 70.0 Å². The van der Waals surface area contributed by atoms with Crippen molar-refractivity contribution in [2.45, 2.75) is 13.3 Å². The van der Waals surface area contributed by atoms with E-state index in [1.165, 1.54) is 0 Å². The number of fused-ring (bicyclic) bond motifs is 1. The largest absolute Gasteiger partial charge is 0.398 e. The normalized spacial score (nSPS) is 10.8. The molecule has 0 unspecified atom stereocenters. The van der Waals surface area contributed by atoms with Gasteiger partial charge in [-0.15, -0.1) is 10.2 Å². The molecule has 2 rings (SSSR count). The number of aryl methyl sites for hydroxylation is 1. The van der Waals surface area contributed by atoms with Gasteiger partial charge in [-0.25, -0.2) is 0 Å². The Morgan fingerprint density at radius 2 is 2.25 bits per heavy atom. The average Bonchev–Trinajstić information content (AvgIpc) is 2.46. The van der Waals surface area contributed by atoms with Crippen LogP contribution in [0.5, 0.6) is 0 Å². The predicted molar refractivity (Wildman–Crippen MR) is 46.8 cm³/mol. The molecule has 2 heterocycles. The fourth-order valence-electron chi connectivity index (χ4n) is 1.20. The quantitative estimate of drug-likeness (QED) is 0.677. The van der Waals surface area contributed by atoms with Gasteiger partial charge in [0.25, 0.3) is 0 Å². The van der Waals surface area contributed by atoms with E-state index < -0.39 is 0 Å². The third-order valence-corrected chi connectivity index (χ3v) is 1.81. The summed E-state index contributed by atoms with van der Waals surface area (Å²) in [4.78, 5) is 0. The van der Waals surface area contributed by atoms with Crippen molar-refractivity contribution in [3.63, 3.8) is 0 Å². The van der Waals surface area contributed by atoms with E-state index in [-0.39, 0.29) is 0 Å². The molecule has 0 spiro atoms. The molecule has 4 nitrogen and oxygen atoms in total. The second-order valence-electron chi connectivity index (χ2n) is 2.66. The molecule has 0 fully saturated rings. The number of nitrogens with two attached hydrogens (primary N) is 1. The van der Waals surface area contributed by atoms with Gasteiger partial charge >= 0.3 is 0 Å². The van der Waals surface area contributed by atoms with Crippen molar-refractivity contribution in [2.24, 2.45) is 0 Å². The van der Waals surface area contributed by atoms with Crippen LogP contribution < -0.4 is 5.73 Å². The molecule has 0 aliphatic carbocycles. The summed E-state index contributed by atoms with van der Waals surface area (Å²) >= 11 is 0. The number of hydrogen-bond donors (Lipinski definition) is 1. The Morgan fingerprint density at radius 1 is 1.42 bits per heavy atom. The summed E-state index contributed by atoms with van der Waals surface area (Å²) in [6.07, 6.45) is 2.71. The molecule has 0 saturated heterocycles. The van der Waals surface area contributed by atoms with Crippen LogP contribution in [-0.2, 0) is 6.42 Å². The summed E-state index contributed by atoms with van der Waals surface area (Å²) in [5.41, 5.74) is 7.21. The SMILES string of the molecule is CCc1nnc2ccc(N)cn12. The molecule has 0 aromatic carbocycles. The number of aromatic nitrogens is 3. The Morgan fingerprint density at radius 3 is 3.00 bits per heavy atom. The number of nitrogens with zero attached hydrogens (tertiary/aromatic N) is 3. The first-order chi connectivity index (χ1) is 5.81. The molecule has 0 radical (unpaired) electrons. The Bertz CT molecular complexity index is 404. The van der Waals surface area contributed by atoms with Gasteiger partial charge in [0.05, 0.1) is 0 Å². The minimum Gasteiger partial charge on any atom is -0.398 e. The molecule has 2 aromatic heterocycles. The van der Waals surface area contributed by atoms with E-state index in [1.54, 1.807) is 0 Å². The van der Waals surface area contributed by atoms with Gasteiger partial charge in [-0.05, 0) is 12.1 Å². The first-order valence-electron chi connectivity index (χ1n) is 3.90. The molecule has 2 aromatic rings. The van der Waals surface area contributed by atoms with Crippen molar-refractivity contribution in [3.8, 4) is 0 Å². The van der Waals surface area contributed by atoms with E-state index >= 15 is 0 Å². The van der Waals surface area contributed by atoms with Gasteiger partial charge in [-0.1, -0.05) is 6.92 Å². The van der Waals surface area contributed by atoms with Gasteiger partial charge < -0.3 is 5.73 Å². The summed E-state index contributed by atoms with van der Waals surface area (Å²) in [5, 5.41) is 8.00. The van der Waals surface area contributed by atoms with Crippen LogP contribution >= 0.6 is 0 Å². The lowest BCUT2D eigenvalue weighted by Crippen LogP contribution is -1.94. The van der Waals surface area contributed by atoms with Crippen molar-refractivity contribution >= 4 is 11.3 Å². The summed E-state index contributed by atoms with van der Waals surface area (Å²) in [6.45, 7) is 2.04. The fourth-order valence-corrected chi connectivity index (χ4v) is 1.20. The number of hydrogen-bond acceptors (Lipinski definition) is 3. The van der Waals surface area contributed by atoms with Crippen molar-refractivity contribution in [1.82, 2.24) is 14.6 Å². The van der Waals surface area contributed by atoms with Crippen LogP contribution in [-0.4, -0.2) is 14.6 Å². The molecule has 4 heteroatoms. The van der Waals surface area contributed by atoms with Gasteiger partial charge in [-0.3, -0.25) is 4.40 Å². The summed E-state index contributed by atoms with van der Waals surface area (Å²) in [5.74, 6) is 0.942. The molecule has 0 saturated carbocycles. The van der Waals surface area contributed by atoms with Crippen LogP contribution in [0.2, 0.25) is 0 Å². The molecular weight excluding hydrogens is 152 g/mol. The second kappa shape index (κ2) is 2.48. The third kappa shape index (κ3) is 0.922. The first-order valence-corrected chi connectivity index (χ1v) is 3.90. The monoisotopic (exact) mass is 162 g/mol. The molecular formula is C8H10N4. The summed E-state index contributed by atoms with van der Waals surface area (Å²) in [7, 11) is 0. The minimum atomic E-state index is 0.733. The van der Waals surface area contributed by atoms with Crippen LogP contribution in [0.3, 0.4) is 0 Å². The lowest BCUT2D eigenvalue weighted by molar-refractivity contribution is 0.910. The van der Waals surface area contributed by atoms with E-state index in [4.69, 9.17) is 5.73 Å². The lowest BCUT2D eigenvalue weighted by Gasteiger charge is -1.96. The maximum Gasteiger partial charge on any atom is 0.160 e. The third-order valence-electron chi connectivity index (χ3n) is 1.81. The molecule has 2 N–H and O–H groups in total. The maximum atomic E-state index is 5.63. The zero-order valence-electron chi connectivity index (χ0n) is 6.86. The van der Waals surface area contributed by atoms with Gasteiger partial charge in [-0.2, -0.15) is 0 Å². The number of anilines is 1. The van der Waals surface area contributed by atoms with Crippen LogP contribution in [0.1, 0.15) is 12.7 Å². The van der Waals surface area contributed by atoms with Crippen LogP contribution in [0.15, 0.2) is 18.3 Å². The standard InChI is InChI=1S/C8H10N4/c1-2-7-10-11-8-4-3-6(9)5-12(7)8/h3-5H,2,9H2,1H3. The molecule has 12 heavy (non-hydrogen) atoms.